The van der Waals surface area contributed by atoms with Gasteiger partial charge in [0.1, 0.15) is 0 Å². The Morgan fingerprint density at radius 3 is 2.34 bits per heavy atom. The number of benzene rings is 1. The predicted octanol–water partition coefficient (Wildman–Crippen LogP) is 2.30. The number of aromatic amines is 1. The lowest BCUT2D eigenvalue weighted by Gasteiger charge is -2.34. The summed E-state index contributed by atoms with van der Waals surface area (Å²) in [6.45, 7) is 3.80. The SMILES string of the molecule is CCc1ccc(Nc2n[nH]nc2C(=O)N2CCN(C(=O)c3ccco3)CC2)cc1. The number of piperazine rings is 1. The maximum absolute atomic E-state index is 12.9. The molecule has 1 aliphatic heterocycles. The number of hydrogen-bond donors (Lipinski definition) is 2. The van der Waals surface area contributed by atoms with E-state index in [0.29, 0.717) is 37.8 Å². The van der Waals surface area contributed by atoms with Crippen LogP contribution in [-0.2, 0) is 6.42 Å². The molecule has 3 aromatic rings. The fourth-order valence-corrected chi connectivity index (χ4v) is 3.25. The molecule has 0 saturated carbocycles. The molecule has 0 bridgehead atoms. The number of aryl methyl sites for hydroxylation is 1. The van der Waals surface area contributed by atoms with Gasteiger partial charge >= 0.3 is 0 Å². The van der Waals surface area contributed by atoms with Crippen LogP contribution in [0.5, 0.6) is 0 Å². The summed E-state index contributed by atoms with van der Waals surface area (Å²) in [7, 11) is 0. The van der Waals surface area contributed by atoms with E-state index in [1.165, 1.54) is 11.8 Å². The van der Waals surface area contributed by atoms with Crippen LogP contribution >= 0.6 is 0 Å². The normalized spacial score (nSPS) is 14.1. The third-order valence-electron chi connectivity index (χ3n) is 4.96. The predicted molar refractivity (Wildman–Crippen MR) is 106 cm³/mol. The number of hydrogen-bond acceptors (Lipinski definition) is 6. The Morgan fingerprint density at radius 2 is 1.72 bits per heavy atom. The quantitative estimate of drug-likeness (QED) is 0.688. The lowest BCUT2D eigenvalue weighted by atomic mass is 10.1. The Kier molecular flexibility index (Phi) is 5.28. The topological polar surface area (TPSA) is 107 Å². The summed E-state index contributed by atoms with van der Waals surface area (Å²) in [6.07, 6.45) is 2.43. The Labute approximate surface area is 167 Å². The van der Waals surface area contributed by atoms with E-state index in [1.54, 1.807) is 21.9 Å². The Balaban J connectivity index is 1.39. The fraction of sp³-hybridized carbons (Fsp3) is 0.300. The smallest absolute Gasteiger partial charge is 0.289 e. The zero-order valence-electron chi connectivity index (χ0n) is 16.1. The van der Waals surface area contributed by atoms with Gasteiger partial charge in [-0.15, -0.1) is 10.2 Å². The molecule has 1 aromatic carbocycles. The van der Waals surface area contributed by atoms with Gasteiger partial charge in [-0.25, -0.2) is 0 Å². The minimum atomic E-state index is -0.225. The van der Waals surface area contributed by atoms with E-state index < -0.39 is 0 Å². The maximum atomic E-state index is 12.9. The van der Waals surface area contributed by atoms with Gasteiger partial charge in [-0.3, -0.25) is 9.59 Å². The van der Waals surface area contributed by atoms with Crippen molar-refractivity contribution >= 4 is 23.3 Å². The van der Waals surface area contributed by atoms with Crippen LogP contribution < -0.4 is 5.32 Å². The van der Waals surface area contributed by atoms with Crippen molar-refractivity contribution < 1.29 is 14.0 Å². The van der Waals surface area contributed by atoms with Crippen LogP contribution in [0.1, 0.15) is 33.5 Å². The van der Waals surface area contributed by atoms with Gasteiger partial charge in [0.25, 0.3) is 11.8 Å². The molecule has 1 fully saturated rings. The van der Waals surface area contributed by atoms with Crippen molar-refractivity contribution in [3.8, 4) is 0 Å². The second kappa shape index (κ2) is 8.17. The first kappa shape index (κ1) is 18.7. The molecule has 9 heteroatoms. The number of rotatable bonds is 5. The number of nitrogens with one attached hydrogen (secondary N) is 2. The number of carbonyl (C=O) groups excluding carboxylic acids is 2. The monoisotopic (exact) mass is 394 g/mol. The zero-order valence-corrected chi connectivity index (χ0v) is 16.1. The molecule has 3 heterocycles. The molecule has 0 unspecified atom stereocenters. The van der Waals surface area contributed by atoms with E-state index in [1.807, 2.05) is 24.3 Å². The first-order valence-electron chi connectivity index (χ1n) is 9.54. The molecule has 1 aliphatic rings. The van der Waals surface area contributed by atoms with Crippen LogP contribution in [-0.4, -0.2) is 63.2 Å². The number of furan rings is 1. The highest BCUT2D eigenvalue weighted by molar-refractivity contribution is 5.97. The summed E-state index contributed by atoms with van der Waals surface area (Å²) in [5.41, 5.74) is 2.29. The molecule has 29 heavy (non-hydrogen) atoms. The second-order valence-electron chi connectivity index (χ2n) is 6.76. The molecule has 1 saturated heterocycles. The van der Waals surface area contributed by atoms with Gasteiger partial charge in [0.05, 0.1) is 6.26 Å². The summed E-state index contributed by atoms with van der Waals surface area (Å²) in [5.74, 6) is 0.299. The summed E-state index contributed by atoms with van der Waals surface area (Å²) >= 11 is 0. The number of anilines is 2. The van der Waals surface area contributed by atoms with Crippen molar-refractivity contribution in [1.29, 1.82) is 0 Å². The van der Waals surface area contributed by atoms with Crippen LogP contribution in [0.25, 0.3) is 0 Å². The molecule has 0 spiro atoms. The number of aromatic nitrogens is 3. The van der Waals surface area contributed by atoms with E-state index >= 15 is 0 Å². The highest BCUT2D eigenvalue weighted by Gasteiger charge is 2.29. The van der Waals surface area contributed by atoms with Gasteiger partial charge < -0.3 is 19.5 Å². The molecule has 0 atom stereocenters. The highest BCUT2D eigenvalue weighted by atomic mass is 16.3. The summed E-state index contributed by atoms with van der Waals surface area (Å²) in [6, 6.07) is 11.3. The molecule has 2 aromatic heterocycles. The third kappa shape index (κ3) is 3.98. The van der Waals surface area contributed by atoms with Crippen molar-refractivity contribution in [1.82, 2.24) is 25.2 Å². The average molecular weight is 394 g/mol. The van der Waals surface area contributed by atoms with Gasteiger partial charge in [-0.05, 0) is 36.2 Å². The number of amides is 2. The van der Waals surface area contributed by atoms with Gasteiger partial charge in [-0.1, -0.05) is 19.1 Å². The summed E-state index contributed by atoms with van der Waals surface area (Å²) in [5, 5.41) is 13.8. The Bertz CT molecular complexity index is 972. The second-order valence-corrected chi connectivity index (χ2v) is 6.76. The highest BCUT2D eigenvalue weighted by Crippen LogP contribution is 2.20. The van der Waals surface area contributed by atoms with Crippen LogP contribution in [0.2, 0.25) is 0 Å². The van der Waals surface area contributed by atoms with Crippen LogP contribution in [0.3, 0.4) is 0 Å². The van der Waals surface area contributed by atoms with Crippen molar-refractivity contribution in [3.63, 3.8) is 0 Å². The van der Waals surface area contributed by atoms with Crippen molar-refractivity contribution in [2.75, 3.05) is 31.5 Å². The van der Waals surface area contributed by atoms with Gasteiger partial charge in [0.2, 0.25) is 0 Å². The number of nitrogens with zero attached hydrogens (tertiary/aromatic N) is 4. The van der Waals surface area contributed by atoms with E-state index in [2.05, 4.69) is 27.7 Å². The van der Waals surface area contributed by atoms with Crippen molar-refractivity contribution in [2.24, 2.45) is 0 Å². The first-order chi connectivity index (χ1) is 14.2. The summed E-state index contributed by atoms with van der Waals surface area (Å²) in [4.78, 5) is 28.6. The first-order valence-corrected chi connectivity index (χ1v) is 9.54. The minimum Gasteiger partial charge on any atom is -0.459 e. The molecule has 2 N–H and O–H groups in total. The van der Waals surface area contributed by atoms with E-state index in [9.17, 15) is 9.59 Å². The molecule has 9 nitrogen and oxygen atoms in total. The Morgan fingerprint density at radius 1 is 1.03 bits per heavy atom. The fourth-order valence-electron chi connectivity index (χ4n) is 3.25. The van der Waals surface area contributed by atoms with E-state index in [4.69, 9.17) is 4.42 Å². The average Bonchev–Trinajstić information content (AvgIpc) is 3.46. The largest absolute Gasteiger partial charge is 0.459 e. The molecule has 0 aliphatic carbocycles. The zero-order chi connectivity index (χ0) is 20.2. The van der Waals surface area contributed by atoms with Crippen molar-refractivity contribution in [3.05, 3.63) is 59.7 Å². The molecule has 150 valence electrons. The summed E-state index contributed by atoms with van der Waals surface area (Å²) < 4.78 is 5.17. The molecular formula is C20H22N6O3. The molecule has 4 rings (SSSR count). The maximum Gasteiger partial charge on any atom is 0.289 e. The number of carbonyl (C=O) groups is 2. The third-order valence-corrected chi connectivity index (χ3v) is 4.96. The minimum absolute atomic E-state index is 0.165. The molecular weight excluding hydrogens is 372 g/mol. The number of H-pyrrole nitrogens is 1. The van der Waals surface area contributed by atoms with E-state index in [0.717, 1.165) is 12.1 Å². The lowest BCUT2D eigenvalue weighted by molar-refractivity contribution is 0.0515. The van der Waals surface area contributed by atoms with Crippen molar-refractivity contribution in [2.45, 2.75) is 13.3 Å². The van der Waals surface area contributed by atoms with E-state index in [-0.39, 0.29) is 17.5 Å². The molecule has 0 radical (unpaired) electrons. The molecule has 2 amide bonds. The van der Waals surface area contributed by atoms with Gasteiger partial charge in [0.15, 0.2) is 17.3 Å². The lowest BCUT2D eigenvalue weighted by Crippen LogP contribution is -2.50. The van der Waals surface area contributed by atoms with Gasteiger partial charge in [-0.2, -0.15) is 5.21 Å². The van der Waals surface area contributed by atoms with Crippen LogP contribution in [0.15, 0.2) is 47.1 Å². The van der Waals surface area contributed by atoms with Crippen LogP contribution in [0, 0.1) is 0 Å². The van der Waals surface area contributed by atoms with Crippen LogP contribution in [0.4, 0.5) is 11.5 Å². The standard InChI is InChI=1S/C20H22N6O3/c1-2-14-5-7-15(8-6-14)21-18-17(22-24-23-18)20(28)26-11-9-25(10-12-26)19(27)16-4-3-13-29-16/h3-8,13H,2,9-12H2,1H3,(H2,21,22,23,24). The van der Waals surface area contributed by atoms with Gasteiger partial charge in [0, 0.05) is 31.9 Å². The Hall–Kier alpha value is -3.62.